The fourth-order valence-electron chi connectivity index (χ4n) is 0.853. The van der Waals surface area contributed by atoms with E-state index in [1.165, 1.54) is 12.1 Å². The van der Waals surface area contributed by atoms with Crippen molar-refractivity contribution in [1.29, 1.82) is 0 Å². The van der Waals surface area contributed by atoms with E-state index in [4.69, 9.17) is 0 Å². The number of ether oxygens (including phenoxy) is 1. The molecule has 0 aliphatic carbocycles. The minimum absolute atomic E-state index is 0.321. The molecule has 15 heavy (non-hydrogen) atoms. The van der Waals surface area contributed by atoms with E-state index in [1.807, 2.05) is 0 Å². The summed E-state index contributed by atoms with van der Waals surface area (Å²) in [4.78, 5) is 10.4. The molecule has 0 N–H and O–H groups in total. The van der Waals surface area contributed by atoms with Crippen LogP contribution in [-0.4, -0.2) is 12.1 Å². The van der Waals surface area contributed by atoms with Gasteiger partial charge < -0.3 is 4.74 Å². The number of hydrogen-bond donors (Lipinski definition) is 0. The van der Waals surface area contributed by atoms with E-state index in [-0.39, 0.29) is 5.76 Å². The lowest BCUT2D eigenvalue weighted by Gasteiger charge is -2.08. The van der Waals surface area contributed by atoms with Crippen molar-refractivity contribution in [2.24, 2.45) is 0 Å². The minimum atomic E-state index is -5.00. The van der Waals surface area contributed by atoms with Crippen LogP contribution in [0.5, 0.6) is 0 Å². The molecule has 0 aliphatic rings. The van der Waals surface area contributed by atoms with Crippen LogP contribution in [0, 0.1) is 0 Å². The van der Waals surface area contributed by atoms with E-state index in [0.29, 0.717) is 5.56 Å². The molecule has 0 atom stereocenters. The van der Waals surface area contributed by atoms with Crippen LogP contribution in [0.1, 0.15) is 5.56 Å². The fraction of sp³-hybridized carbons (Fsp3) is 0.100. The molecule has 1 aromatic rings. The monoisotopic (exact) mass is 216 g/mol. The second kappa shape index (κ2) is 4.16. The van der Waals surface area contributed by atoms with Crippen LogP contribution in [0.25, 0.3) is 5.76 Å². The molecule has 0 unspecified atom stereocenters. The summed E-state index contributed by atoms with van der Waals surface area (Å²) in [5.41, 5.74) is 0.329. The SMILES string of the molecule is C=C(OC(=O)C(F)(F)F)c1ccccc1. The second-order valence-corrected chi connectivity index (χ2v) is 2.68. The van der Waals surface area contributed by atoms with Crippen molar-refractivity contribution in [1.82, 2.24) is 0 Å². The van der Waals surface area contributed by atoms with Crippen LogP contribution < -0.4 is 0 Å². The molecule has 0 radical (unpaired) electrons. The number of benzene rings is 1. The number of carbonyl (C=O) groups is 1. The molecule has 0 aliphatic heterocycles. The molecule has 0 amide bonds. The van der Waals surface area contributed by atoms with Gasteiger partial charge in [0.25, 0.3) is 0 Å². The molecular formula is C10H7F3O2. The molecule has 1 aromatic carbocycles. The Bertz CT molecular complexity index is 368. The van der Waals surface area contributed by atoms with Gasteiger partial charge in [0.1, 0.15) is 5.76 Å². The Hall–Kier alpha value is -1.78. The third-order valence-corrected chi connectivity index (χ3v) is 1.54. The summed E-state index contributed by atoms with van der Waals surface area (Å²) in [6.07, 6.45) is -5.00. The van der Waals surface area contributed by atoms with E-state index in [9.17, 15) is 18.0 Å². The maximum Gasteiger partial charge on any atom is 0.491 e. The van der Waals surface area contributed by atoms with Gasteiger partial charge >= 0.3 is 12.1 Å². The molecular weight excluding hydrogens is 209 g/mol. The molecule has 0 heterocycles. The van der Waals surface area contributed by atoms with Gasteiger partial charge in [-0.05, 0) is 0 Å². The summed E-state index contributed by atoms with van der Waals surface area (Å²) in [7, 11) is 0. The Morgan fingerprint density at radius 1 is 1.20 bits per heavy atom. The van der Waals surface area contributed by atoms with Gasteiger partial charge in [-0.1, -0.05) is 36.9 Å². The average Bonchev–Trinajstić information content (AvgIpc) is 2.17. The van der Waals surface area contributed by atoms with E-state index in [1.54, 1.807) is 18.2 Å². The number of carbonyl (C=O) groups excluding carboxylic acids is 1. The highest BCUT2D eigenvalue weighted by molar-refractivity contribution is 5.81. The summed E-state index contributed by atoms with van der Waals surface area (Å²) in [5.74, 6) is -2.59. The number of esters is 1. The highest BCUT2D eigenvalue weighted by atomic mass is 19.4. The van der Waals surface area contributed by atoms with Crippen molar-refractivity contribution in [3.8, 4) is 0 Å². The van der Waals surface area contributed by atoms with Crippen molar-refractivity contribution in [3.05, 3.63) is 42.5 Å². The van der Waals surface area contributed by atoms with Gasteiger partial charge in [-0.25, -0.2) is 4.79 Å². The zero-order chi connectivity index (χ0) is 11.5. The number of hydrogen-bond acceptors (Lipinski definition) is 2. The topological polar surface area (TPSA) is 26.3 Å². The Kier molecular flexibility index (Phi) is 3.14. The minimum Gasteiger partial charge on any atom is -0.420 e. The molecule has 0 saturated carbocycles. The zero-order valence-corrected chi connectivity index (χ0v) is 7.54. The first kappa shape index (κ1) is 11.3. The molecule has 0 fully saturated rings. The first-order valence-electron chi connectivity index (χ1n) is 3.94. The Morgan fingerprint density at radius 2 is 1.73 bits per heavy atom. The van der Waals surface area contributed by atoms with E-state index in [0.717, 1.165) is 0 Å². The third kappa shape index (κ3) is 3.12. The largest absolute Gasteiger partial charge is 0.491 e. The highest BCUT2D eigenvalue weighted by Gasteiger charge is 2.41. The van der Waals surface area contributed by atoms with Crippen LogP contribution in [-0.2, 0) is 9.53 Å². The molecule has 1 rings (SSSR count). The lowest BCUT2D eigenvalue weighted by molar-refractivity contribution is -0.192. The van der Waals surface area contributed by atoms with Crippen molar-refractivity contribution in [2.45, 2.75) is 6.18 Å². The molecule has 0 bridgehead atoms. The van der Waals surface area contributed by atoms with Crippen LogP contribution >= 0.6 is 0 Å². The Morgan fingerprint density at radius 3 is 2.20 bits per heavy atom. The fourth-order valence-corrected chi connectivity index (χ4v) is 0.853. The smallest absolute Gasteiger partial charge is 0.420 e. The summed E-state index contributed by atoms with van der Waals surface area (Å²) in [6, 6.07) is 7.87. The van der Waals surface area contributed by atoms with Gasteiger partial charge in [0.05, 0.1) is 0 Å². The van der Waals surface area contributed by atoms with Gasteiger partial charge in [0, 0.05) is 5.56 Å². The molecule has 5 heteroatoms. The van der Waals surface area contributed by atoms with Gasteiger partial charge in [0.15, 0.2) is 0 Å². The van der Waals surface area contributed by atoms with Crippen molar-refractivity contribution in [2.75, 3.05) is 0 Å². The molecule has 0 aromatic heterocycles. The Balaban J connectivity index is 2.70. The number of alkyl halides is 3. The van der Waals surface area contributed by atoms with Crippen molar-refractivity contribution < 1.29 is 22.7 Å². The van der Waals surface area contributed by atoms with Crippen LogP contribution in [0.2, 0.25) is 0 Å². The summed E-state index contributed by atoms with van der Waals surface area (Å²) in [5, 5.41) is 0. The molecule has 0 saturated heterocycles. The van der Waals surface area contributed by atoms with E-state index in [2.05, 4.69) is 11.3 Å². The highest BCUT2D eigenvalue weighted by Crippen LogP contribution is 2.21. The summed E-state index contributed by atoms with van der Waals surface area (Å²) in [6.45, 7) is 3.24. The van der Waals surface area contributed by atoms with Crippen LogP contribution in [0.4, 0.5) is 13.2 Å². The molecule has 2 nitrogen and oxygen atoms in total. The summed E-state index contributed by atoms with van der Waals surface area (Å²) < 4.78 is 39.5. The third-order valence-electron chi connectivity index (χ3n) is 1.54. The maximum absolute atomic E-state index is 11.8. The lowest BCUT2D eigenvalue weighted by atomic mass is 10.2. The molecule has 0 spiro atoms. The first-order valence-corrected chi connectivity index (χ1v) is 3.94. The maximum atomic E-state index is 11.8. The van der Waals surface area contributed by atoms with Gasteiger partial charge in [-0.3, -0.25) is 0 Å². The van der Waals surface area contributed by atoms with E-state index >= 15 is 0 Å². The predicted molar refractivity (Wildman–Crippen MR) is 47.6 cm³/mol. The van der Waals surface area contributed by atoms with Crippen molar-refractivity contribution >= 4 is 11.7 Å². The normalized spacial score (nSPS) is 10.9. The van der Waals surface area contributed by atoms with Crippen LogP contribution in [0.3, 0.4) is 0 Å². The van der Waals surface area contributed by atoms with Gasteiger partial charge in [-0.2, -0.15) is 13.2 Å². The molecule has 80 valence electrons. The first-order chi connectivity index (χ1) is 6.91. The average molecular weight is 216 g/mol. The summed E-state index contributed by atoms with van der Waals surface area (Å²) >= 11 is 0. The van der Waals surface area contributed by atoms with E-state index < -0.39 is 12.1 Å². The second-order valence-electron chi connectivity index (χ2n) is 2.68. The number of rotatable bonds is 2. The van der Waals surface area contributed by atoms with Gasteiger partial charge in [0.2, 0.25) is 0 Å². The number of halogens is 3. The van der Waals surface area contributed by atoms with Crippen molar-refractivity contribution in [3.63, 3.8) is 0 Å². The zero-order valence-electron chi connectivity index (χ0n) is 7.54. The standard InChI is InChI=1S/C10H7F3O2/c1-7(8-5-3-2-4-6-8)15-9(14)10(11,12)13/h2-6H,1H2. The van der Waals surface area contributed by atoms with Gasteiger partial charge in [-0.15, -0.1) is 0 Å². The predicted octanol–water partition coefficient (Wildman–Crippen LogP) is 2.76. The quantitative estimate of drug-likeness (QED) is 0.561. The van der Waals surface area contributed by atoms with Crippen LogP contribution in [0.15, 0.2) is 36.9 Å². The Labute approximate surface area is 84.0 Å². The lowest BCUT2D eigenvalue weighted by Crippen LogP contribution is -2.24.